The first-order valence-electron chi connectivity index (χ1n) is 11.8. The number of aryl methyl sites for hydroxylation is 1. The molecule has 1 aliphatic carbocycles. The van der Waals surface area contributed by atoms with E-state index in [4.69, 9.17) is 9.15 Å². The van der Waals surface area contributed by atoms with Gasteiger partial charge in [-0.25, -0.2) is 4.79 Å². The number of rotatable bonds is 6. The van der Waals surface area contributed by atoms with Gasteiger partial charge in [0.15, 0.2) is 5.58 Å². The van der Waals surface area contributed by atoms with Gasteiger partial charge >= 0.3 is 5.76 Å². The second-order valence-electron chi connectivity index (χ2n) is 9.46. The maximum absolute atomic E-state index is 13.0. The van der Waals surface area contributed by atoms with E-state index in [2.05, 4.69) is 0 Å². The van der Waals surface area contributed by atoms with E-state index in [0.717, 1.165) is 37.9 Å². The highest BCUT2D eigenvalue weighted by Crippen LogP contribution is 2.53. The summed E-state index contributed by atoms with van der Waals surface area (Å²) in [5, 5.41) is 0. The Hall–Kier alpha value is -2.61. The highest BCUT2D eigenvalue weighted by atomic mass is 16.5. The van der Waals surface area contributed by atoms with Gasteiger partial charge in [0, 0.05) is 45.6 Å². The Bertz CT molecular complexity index is 1050. The maximum atomic E-state index is 13.0. The molecular weight excluding hydrogens is 410 g/mol. The summed E-state index contributed by atoms with van der Waals surface area (Å²) in [5.74, 6) is 0.243. The van der Waals surface area contributed by atoms with Crippen molar-refractivity contribution in [1.82, 2.24) is 14.4 Å². The van der Waals surface area contributed by atoms with Crippen LogP contribution in [0.5, 0.6) is 0 Å². The molecule has 1 aromatic heterocycles. The van der Waals surface area contributed by atoms with Crippen LogP contribution >= 0.6 is 0 Å². The Morgan fingerprint density at radius 3 is 2.53 bits per heavy atom. The highest BCUT2D eigenvalue weighted by Gasteiger charge is 2.50. The number of amides is 2. The van der Waals surface area contributed by atoms with Crippen molar-refractivity contribution in [3.63, 3.8) is 0 Å². The highest BCUT2D eigenvalue weighted by molar-refractivity contribution is 5.78. The van der Waals surface area contributed by atoms with Crippen LogP contribution in [-0.4, -0.2) is 65.6 Å². The molecule has 8 heteroatoms. The fourth-order valence-electron chi connectivity index (χ4n) is 5.68. The number of hydrogen-bond donors (Lipinski definition) is 0. The number of carbonyl (C=O) groups is 2. The van der Waals surface area contributed by atoms with Crippen molar-refractivity contribution in [2.24, 2.45) is 11.3 Å². The normalized spacial score (nSPS) is 22.4. The third-order valence-corrected chi connectivity index (χ3v) is 7.71. The zero-order valence-corrected chi connectivity index (χ0v) is 18.5. The molecule has 0 bridgehead atoms. The number of oxazole rings is 1. The summed E-state index contributed by atoms with van der Waals surface area (Å²) in [6.07, 6.45) is 5.14. The van der Waals surface area contributed by atoms with Crippen LogP contribution in [0.15, 0.2) is 33.5 Å². The number of aromatic nitrogens is 1. The van der Waals surface area contributed by atoms with Gasteiger partial charge in [-0.1, -0.05) is 18.6 Å². The molecule has 1 saturated carbocycles. The van der Waals surface area contributed by atoms with Crippen molar-refractivity contribution in [2.75, 3.05) is 39.4 Å². The lowest BCUT2D eigenvalue weighted by atomic mass is 9.62. The Morgan fingerprint density at radius 2 is 1.78 bits per heavy atom. The van der Waals surface area contributed by atoms with Crippen molar-refractivity contribution < 1.29 is 18.7 Å². The Labute approximate surface area is 187 Å². The number of fused-ring (bicyclic) bond motifs is 1. The smallest absolute Gasteiger partial charge is 0.408 e. The van der Waals surface area contributed by atoms with Crippen LogP contribution in [0.2, 0.25) is 0 Å². The van der Waals surface area contributed by atoms with Crippen LogP contribution in [0.3, 0.4) is 0 Å². The minimum atomic E-state index is -0.421. The third-order valence-electron chi connectivity index (χ3n) is 7.71. The predicted octanol–water partition coefficient (Wildman–Crippen LogP) is 2.25. The Kier molecular flexibility index (Phi) is 5.80. The first-order valence-corrected chi connectivity index (χ1v) is 11.8. The number of para-hydroxylation sites is 2. The number of carbonyl (C=O) groups excluding carboxylic acids is 2. The number of morpholine rings is 1. The molecule has 5 rings (SSSR count). The SMILES string of the molecule is O=C(CCC1CN(C(=O)CCn2c(=O)oc3ccccc32)CC12CCC2)N1CCOCC1. The van der Waals surface area contributed by atoms with Gasteiger partial charge < -0.3 is 19.0 Å². The molecule has 8 nitrogen and oxygen atoms in total. The molecule has 0 radical (unpaired) electrons. The van der Waals surface area contributed by atoms with Crippen LogP contribution in [-0.2, 0) is 20.9 Å². The number of hydrogen-bond acceptors (Lipinski definition) is 5. The molecule has 1 unspecified atom stereocenters. The standard InChI is InChI=1S/C24H31N3O5/c28-21(25-12-14-31-15-13-25)7-6-18-16-26(17-24(18)9-3-10-24)22(29)8-11-27-19-4-1-2-5-20(19)32-23(27)30/h1-2,4-5,18H,3,6-17H2. The molecule has 172 valence electrons. The largest absolute Gasteiger partial charge is 0.419 e. The minimum Gasteiger partial charge on any atom is -0.408 e. The van der Waals surface area contributed by atoms with Crippen molar-refractivity contribution in [2.45, 2.75) is 45.1 Å². The number of ether oxygens (including phenoxy) is 1. The quantitative estimate of drug-likeness (QED) is 0.687. The van der Waals surface area contributed by atoms with Gasteiger partial charge in [0.1, 0.15) is 0 Å². The second-order valence-corrected chi connectivity index (χ2v) is 9.46. The fourth-order valence-corrected chi connectivity index (χ4v) is 5.68. The van der Waals surface area contributed by atoms with Crippen LogP contribution in [0.4, 0.5) is 0 Å². The summed E-state index contributed by atoms with van der Waals surface area (Å²) < 4.78 is 12.2. The van der Waals surface area contributed by atoms with Gasteiger partial charge in [-0.2, -0.15) is 0 Å². The lowest BCUT2D eigenvalue weighted by molar-refractivity contribution is -0.135. The average molecular weight is 442 g/mol. The monoisotopic (exact) mass is 441 g/mol. The van der Waals surface area contributed by atoms with Gasteiger partial charge in [-0.05, 0) is 42.7 Å². The van der Waals surface area contributed by atoms with E-state index in [9.17, 15) is 14.4 Å². The molecule has 1 atom stereocenters. The number of nitrogens with zero attached hydrogens (tertiary/aromatic N) is 3. The molecule has 2 saturated heterocycles. The van der Waals surface area contributed by atoms with Crippen LogP contribution in [0.1, 0.15) is 38.5 Å². The van der Waals surface area contributed by atoms with E-state index in [-0.39, 0.29) is 23.7 Å². The molecule has 0 N–H and O–H groups in total. The molecule has 3 heterocycles. The summed E-state index contributed by atoms with van der Waals surface area (Å²) in [5.41, 5.74) is 1.45. The van der Waals surface area contributed by atoms with E-state index in [1.165, 1.54) is 6.42 Å². The number of likely N-dealkylation sites (tertiary alicyclic amines) is 1. The Morgan fingerprint density at radius 1 is 1.03 bits per heavy atom. The van der Waals surface area contributed by atoms with Crippen molar-refractivity contribution >= 4 is 22.9 Å². The van der Waals surface area contributed by atoms with Crippen LogP contribution in [0, 0.1) is 11.3 Å². The third kappa shape index (κ3) is 3.96. The molecule has 3 aliphatic rings. The summed E-state index contributed by atoms with van der Waals surface area (Å²) in [7, 11) is 0. The predicted molar refractivity (Wildman–Crippen MR) is 118 cm³/mol. The summed E-state index contributed by atoms with van der Waals surface area (Å²) >= 11 is 0. The van der Waals surface area contributed by atoms with E-state index >= 15 is 0 Å². The van der Waals surface area contributed by atoms with Crippen molar-refractivity contribution in [3.05, 3.63) is 34.8 Å². The Balaban J connectivity index is 1.19. The van der Waals surface area contributed by atoms with Crippen LogP contribution < -0.4 is 5.76 Å². The van der Waals surface area contributed by atoms with E-state index in [1.54, 1.807) is 10.6 Å². The zero-order chi connectivity index (χ0) is 22.1. The molecular formula is C24H31N3O5. The summed E-state index contributed by atoms with van der Waals surface area (Å²) in [6.45, 7) is 4.42. The minimum absolute atomic E-state index is 0.0791. The summed E-state index contributed by atoms with van der Waals surface area (Å²) in [4.78, 5) is 41.7. The molecule has 1 aromatic carbocycles. The van der Waals surface area contributed by atoms with E-state index in [0.29, 0.717) is 50.8 Å². The van der Waals surface area contributed by atoms with E-state index in [1.807, 2.05) is 28.0 Å². The van der Waals surface area contributed by atoms with Crippen LogP contribution in [0.25, 0.3) is 11.1 Å². The molecule has 1 spiro atoms. The number of benzene rings is 1. The second kappa shape index (κ2) is 8.73. The van der Waals surface area contributed by atoms with E-state index < -0.39 is 5.76 Å². The first-order chi connectivity index (χ1) is 15.6. The fraction of sp³-hybridized carbons (Fsp3) is 0.625. The average Bonchev–Trinajstić information content (AvgIpc) is 3.34. The van der Waals surface area contributed by atoms with Gasteiger partial charge in [-0.15, -0.1) is 0 Å². The lowest BCUT2D eigenvalue weighted by Crippen LogP contribution is -2.42. The topological polar surface area (TPSA) is 85.0 Å². The zero-order valence-electron chi connectivity index (χ0n) is 18.5. The van der Waals surface area contributed by atoms with Gasteiger partial charge in [-0.3, -0.25) is 14.2 Å². The van der Waals surface area contributed by atoms with Crippen molar-refractivity contribution in [1.29, 1.82) is 0 Å². The molecule has 32 heavy (non-hydrogen) atoms. The summed E-state index contributed by atoms with van der Waals surface area (Å²) in [6, 6.07) is 7.29. The van der Waals surface area contributed by atoms with Crippen molar-refractivity contribution in [3.8, 4) is 0 Å². The molecule has 2 amide bonds. The van der Waals surface area contributed by atoms with Gasteiger partial charge in [0.2, 0.25) is 11.8 Å². The maximum Gasteiger partial charge on any atom is 0.419 e. The molecule has 2 aliphatic heterocycles. The molecule has 2 aromatic rings. The first kappa shape index (κ1) is 21.2. The molecule has 3 fully saturated rings. The van der Waals surface area contributed by atoms with Gasteiger partial charge in [0.05, 0.1) is 18.7 Å². The lowest BCUT2D eigenvalue weighted by Gasteiger charge is -2.43. The van der Waals surface area contributed by atoms with Gasteiger partial charge in [0.25, 0.3) is 0 Å².